The van der Waals surface area contributed by atoms with Crippen LogP contribution in [0, 0.1) is 0 Å². The van der Waals surface area contributed by atoms with Crippen LogP contribution in [0.15, 0.2) is 188 Å². The van der Waals surface area contributed by atoms with Gasteiger partial charge in [-0.15, -0.1) is 11.3 Å². The number of hydrogen-bond donors (Lipinski definition) is 0. The Hall–Kier alpha value is -6.95. The Morgan fingerprint density at radius 1 is 0.482 bits per heavy atom. The minimum Gasteiger partial charge on any atom is -0.309 e. The molecule has 0 spiro atoms. The lowest BCUT2D eigenvalue weighted by molar-refractivity contribution is 0.856. The fourth-order valence-electron chi connectivity index (χ4n) is 8.33. The van der Waals surface area contributed by atoms with Gasteiger partial charge in [0.1, 0.15) is 0 Å². The molecular weight excluding hydrogens is 701 g/mol. The van der Waals surface area contributed by atoms with Gasteiger partial charge >= 0.3 is 0 Å². The van der Waals surface area contributed by atoms with E-state index in [4.69, 9.17) is 15.0 Å². The molecule has 5 heteroatoms. The number of thiophene rings is 1. The summed E-state index contributed by atoms with van der Waals surface area (Å²) < 4.78 is 4.89. The van der Waals surface area contributed by atoms with Crippen LogP contribution in [-0.4, -0.2) is 19.5 Å². The number of aromatic nitrogens is 4. The van der Waals surface area contributed by atoms with E-state index in [1.807, 2.05) is 29.5 Å². The number of rotatable bonds is 6. The highest BCUT2D eigenvalue weighted by Gasteiger charge is 2.21. The van der Waals surface area contributed by atoms with Crippen molar-refractivity contribution in [1.29, 1.82) is 0 Å². The number of nitrogens with zero attached hydrogens (tertiary/aromatic N) is 4. The van der Waals surface area contributed by atoms with Crippen LogP contribution >= 0.6 is 11.3 Å². The van der Waals surface area contributed by atoms with Gasteiger partial charge < -0.3 is 4.57 Å². The van der Waals surface area contributed by atoms with Gasteiger partial charge in [0.05, 0.1) is 16.7 Å². The fourth-order valence-corrected chi connectivity index (χ4v) is 9.51. The lowest BCUT2D eigenvalue weighted by Gasteiger charge is -2.16. The molecule has 1 aliphatic carbocycles. The highest BCUT2D eigenvalue weighted by Crippen LogP contribution is 2.42. The second-order valence-electron chi connectivity index (χ2n) is 14.3. The van der Waals surface area contributed by atoms with E-state index in [0.717, 1.165) is 39.9 Å². The molecule has 0 radical (unpaired) electrons. The smallest absolute Gasteiger partial charge is 0.164 e. The Morgan fingerprint density at radius 2 is 1.16 bits per heavy atom. The van der Waals surface area contributed by atoms with Gasteiger partial charge in [0.15, 0.2) is 17.5 Å². The monoisotopic (exact) mass is 734 g/mol. The minimum absolute atomic E-state index is 0.399. The number of fused-ring (bicyclic) bond motifs is 6. The van der Waals surface area contributed by atoms with Crippen LogP contribution in [0.2, 0.25) is 0 Å². The summed E-state index contributed by atoms with van der Waals surface area (Å²) in [4.78, 5) is 15.7. The maximum atomic E-state index is 5.31. The normalized spacial score (nSPS) is 14.0. The molecule has 56 heavy (non-hydrogen) atoms. The topological polar surface area (TPSA) is 43.6 Å². The maximum Gasteiger partial charge on any atom is 0.164 e. The number of hydrogen-bond acceptors (Lipinski definition) is 4. The van der Waals surface area contributed by atoms with Gasteiger partial charge in [-0.2, -0.15) is 0 Å². The first-order chi connectivity index (χ1) is 27.8. The summed E-state index contributed by atoms with van der Waals surface area (Å²) in [7, 11) is 0. The van der Waals surface area contributed by atoms with E-state index in [0.29, 0.717) is 23.4 Å². The van der Waals surface area contributed by atoms with Crippen LogP contribution in [0.4, 0.5) is 0 Å². The molecule has 10 aromatic rings. The Kier molecular flexibility index (Phi) is 7.78. The lowest BCUT2D eigenvalue weighted by Crippen LogP contribution is -2.02. The summed E-state index contributed by atoms with van der Waals surface area (Å²) in [6.45, 7) is 0. The standard InChI is InChI=1S/C51H34N4S/c1-4-15-33(16-5-1)36-27-29-40-47(32-36)56-46-26-14-23-41(48(40)46)51-53-49(35-19-8-3-9-20-35)52-50(54-51)37-28-30-45(42(31-37)34-17-6-2-7-18-34)55-43-24-12-10-21-38(43)39-22-11-13-25-44(39)55/h1-15,17-33H,16H2. The quantitative estimate of drug-likeness (QED) is 0.171. The van der Waals surface area contributed by atoms with Gasteiger partial charge in [-0.1, -0.05) is 146 Å². The maximum absolute atomic E-state index is 5.31. The van der Waals surface area contributed by atoms with E-state index in [1.54, 1.807) is 0 Å². The average Bonchev–Trinajstić information content (AvgIpc) is 3.82. The predicted octanol–water partition coefficient (Wildman–Crippen LogP) is 13.6. The summed E-state index contributed by atoms with van der Waals surface area (Å²) >= 11 is 1.84. The van der Waals surface area contributed by atoms with Crippen LogP contribution < -0.4 is 0 Å². The molecule has 11 rings (SSSR count). The summed E-state index contributed by atoms with van der Waals surface area (Å²) in [5.74, 6) is 2.34. The molecule has 0 aliphatic heterocycles. The van der Waals surface area contributed by atoms with Crippen molar-refractivity contribution in [1.82, 2.24) is 19.5 Å². The molecule has 264 valence electrons. The third-order valence-corrected chi connectivity index (χ3v) is 12.1. The van der Waals surface area contributed by atoms with Crippen molar-refractivity contribution in [3.63, 3.8) is 0 Å². The second kappa shape index (κ2) is 13.4. The number of allylic oxidation sites excluding steroid dienone is 4. The van der Waals surface area contributed by atoms with Crippen LogP contribution in [-0.2, 0) is 0 Å². The average molecular weight is 735 g/mol. The van der Waals surface area contributed by atoms with E-state index >= 15 is 0 Å². The van der Waals surface area contributed by atoms with Crippen molar-refractivity contribution in [2.75, 3.05) is 0 Å². The summed E-state index contributed by atoms with van der Waals surface area (Å²) in [5.41, 5.74) is 9.89. The largest absolute Gasteiger partial charge is 0.309 e. The highest BCUT2D eigenvalue weighted by molar-refractivity contribution is 7.26. The predicted molar refractivity (Wildman–Crippen MR) is 234 cm³/mol. The SMILES string of the molecule is C1=CCC(c2ccc3c(c2)sc2cccc(-c4nc(-c5ccccc5)nc(-c5ccc(-n6c7ccccc7c7ccccc76)c(-c6ccccc6)c5)n4)c23)C=C1. The summed E-state index contributed by atoms with van der Waals surface area (Å²) in [5, 5.41) is 4.87. The highest BCUT2D eigenvalue weighted by atomic mass is 32.1. The molecule has 1 atom stereocenters. The number of para-hydroxylation sites is 2. The minimum atomic E-state index is 0.399. The molecule has 3 aromatic heterocycles. The Bertz CT molecular complexity index is 3120. The Morgan fingerprint density at radius 3 is 1.89 bits per heavy atom. The molecule has 0 bridgehead atoms. The molecule has 7 aromatic carbocycles. The van der Waals surface area contributed by atoms with Crippen molar-refractivity contribution < 1.29 is 0 Å². The zero-order valence-electron chi connectivity index (χ0n) is 30.4. The van der Waals surface area contributed by atoms with Gasteiger partial charge in [-0.3, -0.25) is 0 Å². The first-order valence-electron chi connectivity index (χ1n) is 19.1. The zero-order valence-corrected chi connectivity index (χ0v) is 31.2. The van der Waals surface area contributed by atoms with E-state index in [9.17, 15) is 0 Å². The van der Waals surface area contributed by atoms with Crippen LogP contribution in [0.5, 0.6) is 0 Å². The van der Waals surface area contributed by atoms with E-state index in [-0.39, 0.29) is 0 Å². The van der Waals surface area contributed by atoms with Gasteiger partial charge in [-0.25, -0.2) is 15.0 Å². The van der Waals surface area contributed by atoms with Crippen molar-refractivity contribution in [3.8, 4) is 51.0 Å². The summed E-state index contributed by atoms with van der Waals surface area (Å²) in [6.07, 6.45) is 9.87. The molecule has 1 unspecified atom stereocenters. The fraction of sp³-hybridized carbons (Fsp3) is 0.0392. The molecule has 1 aliphatic rings. The van der Waals surface area contributed by atoms with Crippen LogP contribution in [0.1, 0.15) is 17.9 Å². The van der Waals surface area contributed by atoms with Crippen molar-refractivity contribution in [3.05, 3.63) is 194 Å². The Balaban J connectivity index is 1.12. The molecule has 3 heterocycles. The van der Waals surface area contributed by atoms with E-state index in [1.165, 1.54) is 47.5 Å². The third-order valence-electron chi connectivity index (χ3n) is 11.0. The molecule has 0 saturated heterocycles. The van der Waals surface area contributed by atoms with Crippen molar-refractivity contribution in [2.24, 2.45) is 0 Å². The number of benzene rings is 7. The molecule has 0 N–H and O–H groups in total. The molecule has 0 fully saturated rings. The van der Waals surface area contributed by atoms with Crippen molar-refractivity contribution >= 4 is 53.3 Å². The first kappa shape index (κ1) is 32.5. The van der Waals surface area contributed by atoms with E-state index < -0.39 is 0 Å². The second-order valence-corrected chi connectivity index (χ2v) is 15.4. The first-order valence-corrected chi connectivity index (χ1v) is 19.9. The van der Waals surface area contributed by atoms with Gasteiger partial charge in [0.2, 0.25) is 0 Å². The molecular formula is C51H34N4S. The molecule has 0 saturated carbocycles. The Labute approximate surface area is 328 Å². The third kappa shape index (κ3) is 5.47. The molecule has 0 amide bonds. The van der Waals surface area contributed by atoms with Gasteiger partial charge in [0, 0.05) is 59.1 Å². The summed E-state index contributed by atoms with van der Waals surface area (Å²) in [6, 6.07) is 58.3. The lowest BCUT2D eigenvalue weighted by atomic mass is 9.92. The van der Waals surface area contributed by atoms with Gasteiger partial charge in [0.25, 0.3) is 0 Å². The van der Waals surface area contributed by atoms with E-state index in [2.05, 4.69) is 174 Å². The zero-order chi connectivity index (χ0) is 37.0. The van der Waals surface area contributed by atoms with Crippen LogP contribution in [0.25, 0.3) is 93.0 Å². The molecule has 4 nitrogen and oxygen atoms in total. The van der Waals surface area contributed by atoms with Gasteiger partial charge in [-0.05, 0) is 60.0 Å². The van der Waals surface area contributed by atoms with Crippen molar-refractivity contribution in [2.45, 2.75) is 12.3 Å². The van der Waals surface area contributed by atoms with Crippen LogP contribution in [0.3, 0.4) is 0 Å².